The third-order valence-electron chi connectivity index (χ3n) is 3.82. The molecular formula is C18H17FN4O2. The molecule has 0 saturated heterocycles. The summed E-state index contributed by atoms with van der Waals surface area (Å²) < 4.78 is 16.7. The van der Waals surface area contributed by atoms with E-state index in [4.69, 9.17) is 0 Å². The van der Waals surface area contributed by atoms with Gasteiger partial charge < -0.3 is 14.5 Å². The number of amides is 1. The number of rotatable bonds is 5. The first-order valence-corrected chi connectivity index (χ1v) is 7.72. The number of hydrogen-bond acceptors (Lipinski definition) is 3. The van der Waals surface area contributed by atoms with Crippen LogP contribution in [0.3, 0.4) is 0 Å². The molecule has 0 unspecified atom stereocenters. The topological polar surface area (TPSA) is 68.9 Å². The van der Waals surface area contributed by atoms with Crippen LogP contribution in [0.1, 0.15) is 17.4 Å². The van der Waals surface area contributed by atoms with Crippen LogP contribution in [0.25, 0.3) is 0 Å². The van der Waals surface area contributed by atoms with E-state index >= 15 is 0 Å². The third kappa shape index (κ3) is 3.82. The van der Waals surface area contributed by atoms with Crippen LogP contribution in [0, 0.1) is 5.82 Å². The van der Waals surface area contributed by atoms with Crippen LogP contribution in [0.2, 0.25) is 0 Å². The number of hydrogen-bond donors (Lipinski definition) is 1. The molecule has 0 fully saturated rings. The van der Waals surface area contributed by atoms with E-state index in [-0.39, 0.29) is 18.0 Å². The van der Waals surface area contributed by atoms with E-state index in [9.17, 15) is 14.0 Å². The summed E-state index contributed by atoms with van der Waals surface area (Å²) in [5, 5.41) is 2.83. The van der Waals surface area contributed by atoms with Crippen molar-refractivity contribution in [3.8, 4) is 0 Å². The van der Waals surface area contributed by atoms with Crippen molar-refractivity contribution in [2.45, 2.75) is 12.6 Å². The largest absolute Gasteiger partial charge is 0.341 e. The number of carbonyl (C=O) groups is 1. The summed E-state index contributed by atoms with van der Waals surface area (Å²) in [5.41, 5.74) is 0.306. The quantitative estimate of drug-likeness (QED) is 0.767. The molecule has 3 aromatic rings. The zero-order chi connectivity index (χ0) is 17.8. The summed E-state index contributed by atoms with van der Waals surface area (Å²) in [5.74, 6) is -0.199. The second-order valence-corrected chi connectivity index (χ2v) is 5.62. The van der Waals surface area contributed by atoms with Crippen molar-refractivity contribution >= 4 is 5.91 Å². The lowest BCUT2D eigenvalue weighted by atomic mass is 10.1. The smallest absolute Gasteiger partial charge is 0.250 e. The van der Waals surface area contributed by atoms with E-state index in [1.54, 1.807) is 54.5 Å². The average Bonchev–Trinajstić information content (AvgIpc) is 3.00. The van der Waals surface area contributed by atoms with E-state index in [2.05, 4.69) is 10.3 Å². The summed E-state index contributed by atoms with van der Waals surface area (Å²) in [4.78, 5) is 28.5. The van der Waals surface area contributed by atoms with Gasteiger partial charge >= 0.3 is 0 Å². The Kier molecular flexibility index (Phi) is 4.74. The third-order valence-corrected chi connectivity index (χ3v) is 3.82. The highest BCUT2D eigenvalue weighted by Gasteiger charge is 2.21. The van der Waals surface area contributed by atoms with Crippen LogP contribution in [0.4, 0.5) is 4.39 Å². The standard InChI is InChI=1S/C18H17FN4O2/c1-22-10-8-20-18(22)17(13-5-4-6-14(19)11-13)21-15(24)12-23-9-3-2-7-16(23)25/h2-11,17H,12H2,1H3,(H,21,24)/t17-/m0/s1. The second kappa shape index (κ2) is 7.12. The Hall–Kier alpha value is -3.22. The summed E-state index contributed by atoms with van der Waals surface area (Å²) in [7, 11) is 1.79. The van der Waals surface area contributed by atoms with Gasteiger partial charge in [-0.05, 0) is 23.8 Å². The van der Waals surface area contributed by atoms with E-state index in [1.807, 2.05) is 0 Å². The lowest BCUT2D eigenvalue weighted by Crippen LogP contribution is -2.35. The Morgan fingerprint density at radius 2 is 2.08 bits per heavy atom. The molecule has 7 heteroatoms. The van der Waals surface area contributed by atoms with E-state index in [0.717, 1.165) is 0 Å². The van der Waals surface area contributed by atoms with Crippen molar-refractivity contribution in [1.29, 1.82) is 0 Å². The molecule has 0 radical (unpaired) electrons. The first kappa shape index (κ1) is 16.6. The van der Waals surface area contributed by atoms with Crippen molar-refractivity contribution < 1.29 is 9.18 Å². The summed E-state index contributed by atoms with van der Waals surface area (Å²) in [6.07, 6.45) is 4.89. The Morgan fingerprint density at radius 1 is 1.24 bits per heavy atom. The number of aromatic nitrogens is 3. The molecule has 3 rings (SSSR count). The first-order chi connectivity index (χ1) is 12.0. The Bertz CT molecular complexity index is 948. The molecule has 0 spiro atoms. The van der Waals surface area contributed by atoms with Crippen LogP contribution in [-0.2, 0) is 18.4 Å². The molecule has 1 aromatic carbocycles. The minimum Gasteiger partial charge on any atom is -0.341 e. The molecule has 1 amide bonds. The van der Waals surface area contributed by atoms with Gasteiger partial charge in [-0.1, -0.05) is 18.2 Å². The molecule has 0 saturated carbocycles. The molecule has 1 N–H and O–H groups in total. The van der Waals surface area contributed by atoms with E-state index in [1.165, 1.54) is 22.8 Å². The number of imidazole rings is 1. The molecule has 128 valence electrons. The fourth-order valence-electron chi connectivity index (χ4n) is 2.59. The number of nitrogens with zero attached hydrogens (tertiary/aromatic N) is 3. The SMILES string of the molecule is Cn1ccnc1[C@@H](NC(=O)Cn1ccccc1=O)c1cccc(F)c1. The maximum Gasteiger partial charge on any atom is 0.250 e. The second-order valence-electron chi connectivity index (χ2n) is 5.62. The van der Waals surface area contributed by atoms with Gasteiger partial charge in [0.25, 0.3) is 5.56 Å². The number of benzene rings is 1. The highest BCUT2D eigenvalue weighted by Crippen LogP contribution is 2.21. The molecule has 6 nitrogen and oxygen atoms in total. The summed E-state index contributed by atoms with van der Waals surface area (Å²) in [6, 6.07) is 10.0. The molecule has 0 aliphatic heterocycles. The first-order valence-electron chi connectivity index (χ1n) is 7.72. The summed E-state index contributed by atoms with van der Waals surface area (Å²) in [6.45, 7) is -0.129. The lowest BCUT2D eigenvalue weighted by molar-refractivity contribution is -0.122. The summed E-state index contributed by atoms with van der Waals surface area (Å²) >= 11 is 0. The molecular weight excluding hydrogens is 323 g/mol. The molecule has 1 atom stereocenters. The number of pyridine rings is 1. The molecule has 2 aromatic heterocycles. The monoisotopic (exact) mass is 340 g/mol. The molecule has 2 heterocycles. The number of nitrogens with one attached hydrogen (secondary N) is 1. The van der Waals surface area contributed by atoms with Gasteiger partial charge in [0.15, 0.2) is 0 Å². The van der Waals surface area contributed by atoms with Crippen molar-refractivity contribution in [2.75, 3.05) is 0 Å². The maximum absolute atomic E-state index is 13.6. The Morgan fingerprint density at radius 3 is 2.76 bits per heavy atom. The molecule has 25 heavy (non-hydrogen) atoms. The van der Waals surface area contributed by atoms with E-state index < -0.39 is 11.9 Å². The molecule has 0 bridgehead atoms. The zero-order valence-electron chi connectivity index (χ0n) is 13.6. The van der Waals surface area contributed by atoms with Crippen molar-refractivity contribution in [2.24, 2.45) is 7.05 Å². The minimum absolute atomic E-state index is 0.129. The van der Waals surface area contributed by atoms with Gasteiger partial charge in [-0.2, -0.15) is 0 Å². The number of aryl methyl sites for hydroxylation is 1. The van der Waals surface area contributed by atoms with Crippen LogP contribution in [-0.4, -0.2) is 20.0 Å². The van der Waals surface area contributed by atoms with Gasteiger partial charge in [-0.25, -0.2) is 9.37 Å². The Labute approximate surface area is 143 Å². The highest BCUT2D eigenvalue weighted by molar-refractivity contribution is 5.76. The number of carbonyl (C=O) groups excluding carboxylic acids is 1. The van der Waals surface area contributed by atoms with Gasteiger partial charge in [0.2, 0.25) is 5.91 Å². The predicted molar refractivity (Wildman–Crippen MR) is 90.3 cm³/mol. The fraction of sp³-hybridized carbons (Fsp3) is 0.167. The normalized spacial score (nSPS) is 11.9. The number of halogens is 1. The highest BCUT2D eigenvalue weighted by atomic mass is 19.1. The van der Waals surface area contributed by atoms with Gasteiger partial charge in [0.1, 0.15) is 24.2 Å². The van der Waals surface area contributed by atoms with Crippen LogP contribution >= 0.6 is 0 Å². The van der Waals surface area contributed by atoms with Gasteiger partial charge in [0.05, 0.1) is 0 Å². The van der Waals surface area contributed by atoms with Crippen molar-refractivity contribution in [1.82, 2.24) is 19.4 Å². The maximum atomic E-state index is 13.6. The molecule has 0 aliphatic carbocycles. The average molecular weight is 340 g/mol. The van der Waals surface area contributed by atoms with Crippen LogP contribution in [0.5, 0.6) is 0 Å². The minimum atomic E-state index is -0.623. The van der Waals surface area contributed by atoms with Crippen LogP contribution < -0.4 is 10.9 Å². The van der Waals surface area contributed by atoms with Crippen LogP contribution in [0.15, 0.2) is 65.8 Å². The fourth-order valence-corrected chi connectivity index (χ4v) is 2.59. The van der Waals surface area contributed by atoms with Gasteiger partial charge in [-0.15, -0.1) is 0 Å². The van der Waals surface area contributed by atoms with Gasteiger partial charge in [-0.3, -0.25) is 9.59 Å². The van der Waals surface area contributed by atoms with E-state index in [0.29, 0.717) is 11.4 Å². The van der Waals surface area contributed by atoms with Gasteiger partial charge in [0, 0.05) is 31.7 Å². The van der Waals surface area contributed by atoms with Crippen molar-refractivity contribution in [3.63, 3.8) is 0 Å². The zero-order valence-corrected chi connectivity index (χ0v) is 13.6. The lowest BCUT2D eigenvalue weighted by Gasteiger charge is -2.19. The molecule has 0 aliphatic rings. The van der Waals surface area contributed by atoms with Crippen molar-refractivity contribution in [3.05, 3.63) is 88.6 Å². The predicted octanol–water partition coefficient (Wildman–Crippen LogP) is 1.63. The Balaban J connectivity index is 1.88.